The summed E-state index contributed by atoms with van der Waals surface area (Å²) in [6, 6.07) is 3.63. The van der Waals surface area contributed by atoms with Gasteiger partial charge in [0.25, 0.3) is 5.91 Å². The smallest absolute Gasteiger partial charge is 0.269 e. The van der Waals surface area contributed by atoms with Crippen LogP contribution in [0.4, 0.5) is 5.82 Å². The van der Waals surface area contributed by atoms with Crippen LogP contribution in [0.25, 0.3) is 0 Å². The minimum atomic E-state index is -0.481. The van der Waals surface area contributed by atoms with Gasteiger partial charge in [0.1, 0.15) is 0 Å². The van der Waals surface area contributed by atoms with Crippen molar-refractivity contribution in [2.24, 2.45) is 11.1 Å². The molecule has 5 heteroatoms. The highest BCUT2D eigenvalue weighted by Crippen LogP contribution is 2.34. The van der Waals surface area contributed by atoms with Gasteiger partial charge in [-0.1, -0.05) is 13.8 Å². The van der Waals surface area contributed by atoms with E-state index in [1.165, 1.54) is 0 Å². The molecule has 0 bridgehead atoms. The summed E-state index contributed by atoms with van der Waals surface area (Å²) in [5.74, 6) is 1.16. The van der Waals surface area contributed by atoms with Gasteiger partial charge >= 0.3 is 0 Å². The van der Waals surface area contributed by atoms with E-state index in [4.69, 9.17) is 10.5 Å². The maximum Gasteiger partial charge on any atom is 0.269 e. The summed E-state index contributed by atoms with van der Waals surface area (Å²) in [6.07, 6.45) is 1.77. The Bertz CT molecular complexity index is 459. The summed E-state index contributed by atoms with van der Waals surface area (Å²) in [5, 5.41) is 0. The molecule has 0 radical (unpaired) electrons. The molecule has 2 N–H and O–H groups in total. The van der Waals surface area contributed by atoms with Gasteiger partial charge in [0, 0.05) is 13.2 Å². The number of carbonyl (C=O) groups is 1. The Morgan fingerprint density at radius 2 is 2.28 bits per heavy atom. The van der Waals surface area contributed by atoms with E-state index in [1.807, 2.05) is 19.9 Å². The van der Waals surface area contributed by atoms with Crippen LogP contribution in [0.5, 0.6) is 5.75 Å². The van der Waals surface area contributed by atoms with Crippen molar-refractivity contribution < 1.29 is 9.53 Å². The number of likely N-dealkylation sites (N-methyl/N-ethyl adjacent to an activating group) is 1. The van der Waals surface area contributed by atoms with Gasteiger partial charge < -0.3 is 10.5 Å². The van der Waals surface area contributed by atoms with E-state index in [0.717, 1.165) is 0 Å². The van der Waals surface area contributed by atoms with Crippen molar-refractivity contribution in [1.82, 2.24) is 4.98 Å². The Kier molecular flexibility index (Phi) is 3.26. The minimum absolute atomic E-state index is 0.0669. The molecule has 0 fully saturated rings. The van der Waals surface area contributed by atoms with Crippen LogP contribution < -0.4 is 15.4 Å². The maximum absolute atomic E-state index is 12.2. The van der Waals surface area contributed by atoms with Crippen molar-refractivity contribution in [3.05, 3.63) is 18.3 Å². The van der Waals surface area contributed by atoms with Crippen LogP contribution in [0, 0.1) is 5.41 Å². The van der Waals surface area contributed by atoms with Crippen molar-refractivity contribution in [2.45, 2.75) is 26.4 Å². The van der Waals surface area contributed by atoms with Gasteiger partial charge in [0.05, 0.1) is 0 Å². The van der Waals surface area contributed by atoms with E-state index in [2.05, 4.69) is 4.98 Å². The number of aromatic nitrogens is 1. The van der Waals surface area contributed by atoms with Gasteiger partial charge in [-0.3, -0.25) is 9.69 Å². The maximum atomic E-state index is 12.2. The van der Waals surface area contributed by atoms with Gasteiger partial charge in [-0.15, -0.1) is 0 Å². The van der Waals surface area contributed by atoms with Crippen LogP contribution in [0.2, 0.25) is 0 Å². The number of rotatable bonds is 3. The van der Waals surface area contributed by atoms with Crippen molar-refractivity contribution in [1.29, 1.82) is 0 Å². The van der Waals surface area contributed by atoms with Crippen LogP contribution >= 0.6 is 0 Å². The van der Waals surface area contributed by atoms with Crippen molar-refractivity contribution in [3.8, 4) is 5.75 Å². The number of anilines is 1. The predicted molar refractivity (Wildman–Crippen MR) is 69.5 cm³/mol. The molecule has 0 spiro atoms. The average Bonchev–Trinajstić information content (AvgIpc) is 2.35. The first-order valence-corrected chi connectivity index (χ1v) is 6.04. The molecule has 5 nitrogen and oxygen atoms in total. The molecule has 2 rings (SSSR count). The summed E-state index contributed by atoms with van der Waals surface area (Å²) < 4.78 is 5.74. The highest BCUT2D eigenvalue weighted by Gasteiger charge is 2.36. The molecule has 1 atom stereocenters. The minimum Gasteiger partial charge on any atom is -0.477 e. The molecule has 98 valence electrons. The molecule has 2 heterocycles. The average molecular weight is 249 g/mol. The highest BCUT2D eigenvalue weighted by molar-refractivity contribution is 5.98. The number of fused-ring (bicyclic) bond motifs is 1. The second kappa shape index (κ2) is 4.57. The van der Waals surface area contributed by atoms with E-state index < -0.39 is 6.10 Å². The molecule has 0 saturated carbocycles. The van der Waals surface area contributed by atoms with Gasteiger partial charge in [-0.05, 0) is 30.5 Å². The topological polar surface area (TPSA) is 68.5 Å². The van der Waals surface area contributed by atoms with Crippen LogP contribution in [-0.2, 0) is 4.79 Å². The summed E-state index contributed by atoms with van der Waals surface area (Å²) in [6.45, 7) is 4.58. The first kappa shape index (κ1) is 12.8. The zero-order chi connectivity index (χ0) is 13.3. The molecule has 1 aliphatic heterocycles. The fourth-order valence-corrected chi connectivity index (χ4v) is 1.96. The van der Waals surface area contributed by atoms with E-state index in [9.17, 15) is 4.79 Å². The first-order valence-electron chi connectivity index (χ1n) is 6.04. The van der Waals surface area contributed by atoms with Crippen LogP contribution in [0.1, 0.15) is 20.3 Å². The zero-order valence-corrected chi connectivity index (χ0v) is 11.0. The summed E-state index contributed by atoms with van der Waals surface area (Å²) >= 11 is 0. The molecule has 0 saturated heterocycles. The van der Waals surface area contributed by atoms with E-state index in [0.29, 0.717) is 24.5 Å². The summed E-state index contributed by atoms with van der Waals surface area (Å²) in [4.78, 5) is 17.9. The SMILES string of the molecule is CN1C(=O)C(CC(C)(C)CN)Oc2cccnc21. The lowest BCUT2D eigenvalue weighted by molar-refractivity contribution is -0.127. The largest absolute Gasteiger partial charge is 0.477 e. The number of carbonyl (C=O) groups excluding carboxylic acids is 1. The predicted octanol–water partition coefficient (Wildman–Crippen LogP) is 1.18. The highest BCUT2D eigenvalue weighted by atomic mass is 16.5. The molecule has 1 unspecified atom stereocenters. The van der Waals surface area contributed by atoms with Crippen molar-refractivity contribution >= 4 is 11.7 Å². The van der Waals surface area contributed by atoms with E-state index in [-0.39, 0.29) is 11.3 Å². The number of amides is 1. The molecule has 1 aromatic heterocycles. The number of hydrogen-bond donors (Lipinski definition) is 1. The van der Waals surface area contributed by atoms with Crippen LogP contribution in [0.3, 0.4) is 0 Å². The second-order valence-electron chi connectivity index (χ2n) is 5.40. The quantitative estimate of drug-likeness (QED) is 0.873. The summed E-state index contributed by atoms with van der Waals surface area (Å²) in [5.41, 5.74) is 5.58. The Morgan fingerprint density at radius 3 is 2.94 bits per heavy atom. The molecular weight excluding hydrogens is 230 g/mol. The number of ether oxygens (including phenoxy) is 1. The lowest BCUT2D eigenvalue weighted by Crippen LogP contribution is -2.47. The molecular formula is C13H19N3O2. The lowest BCUT2D eigenvalue weighted by Gasteiger charge is -2.34. The van der Waals surface area contributed by atoms with Gasteiger partial charge in [-0.25, -0.2) is 4.98 Å². The van der Waals surface area contributed by atoms with Crippen LogP contribution in [-0.4, -0.2) is 30.6 Å². The monoisotopic (exact) mass is 249 g/mol. The van der Waals surface area contributed by atoms with Gasteiger partial charge in [0.15, 0.2) is 17.7 Å². The molecule has 0 aromatic carbocycles. The van der Waals surface area contributed by atoms with Gasteiger partial charge in [0.2, 0.25) is 0 Å². The fourth-order valence-electron chi connectivity index (χ4n) is 1.96. The van der Waals surface area contributed by atoms with Crippen molar-refractivity contribution in [3.63, 3.8) is 0 Å². The second-order valence-corrected chi connectivity index (χ2v) is 5.40. The van der Waals surface area contributed by atoms with Crippen LogP contribution in [0.15, 0.2) is 18.3 Å². The number of pyridine rings is 1. The van der Waals surface area contributed by atoms with Crippen molar-refractivity contribution in [2.75, 3.05) is 18.5 Å². The Morgan fingerprint density at radius 1 is 1.56 bits per heavy atom. The van der Waals surface area contributed by atoms with E-state index >= 15 is 0 Å². The Hall–Kier alpha value is -1.62. The Balaban J connectivity index is 2.25. The molecule has 1 amide bonds. The molecule has 1 aliphatic rings. The standard InChI is InChI=1S/C13H19N3O2/c1-13(2,8-14)7-10-12(17)16(3)11-9(18-10)5-4-6-15-11/h4-6,10H,7-8,14H2,1-3H3. The molecule has 18 heavy (non-hydrogen) atoms. The third-order valence-corrected chi connectivity index (χ3v) is 3.23. The number of nitrogens with two attached hydrogens (primary N) is 1. The third-order valence-electron chi connectivity index (χ3n) is 3.23. The first-order chi connectivity index (χ1) is 8.44. The summed E-state index contributed by atoms with van der Waals surface area (Å²) in [7, 11) is 1.72. The van der Waals surface area contributed by atoms with Gasteiger partial charge in [-0.2, -0.15) is 0 Å². The number of hydrogen-bond acceptors (Lipinski definition) is 4. The third kappa shape index (κ3) is 2.31. The molecule has 0 aliphatic carbocycles. The number of nitrogens with zero attached hydrogens (tertiary/aromatic N) is 2. The fraction of sp³-hybridized carbons (Fsp3) is 0.538. The lowest BCUT2D eigenvalue weighted by atomic mass is 9.86. The normalized spacial score (nSPS) is 19.4. The zero-order valence-electron chi connectivity index (χ0n) is 11.0. The molecule has 1 aromatic rings. The van der Waals surface area contributed by atoms with E-state index in [1.54, 1.807) is 24.2 Å². The Labute approximate surface area is 107 Å².